The highest BCUT2D eigenvalue weighted by molar-refractivity contribution is 6.04. The largest absolute Gasteiger partial charge is 0.366 e. The maximum absolute atomic E-state index is 11.5. The molecule has 4 heteroatoms. The summed E-state index contributed by atoms with van der Waals surface area (Å²) in [4.78, 5) is 22.5. The lowest BCUT2D eigenvalue weighted by atomic mass is 9.96. The molecule has 1 heterocycles. The Labute approximate surface area is 87.5 Å². The van der Waals surface area contributed by atoms with Crippen molar-refractivity contribution in [2.24, 2.45) is 5.73 Å². The fraction of sp³-hybridized carbons (Fsp3) is 0.273. The normalized spacial score (nSPS) is 18.5. The Morgan fingerprint density at radius 3 is 2.87 bits per heavy atom. The van der Waals surface area contributed by atoms with Crippen LogP contribution in [0.15, 0.2) is 18.2 Å². The highest BCUT2D eigenvalue weighted by Crippen LogP contribution is 2.34. The van der Waals surface area contributed by atoms with E-state index in [1.54, 1.807) is 18.2 Å². The molecule has 1 aromatic carbocycles. The van der Waals surface area contributed by atoms with Crippen LogP contribution in [0.3, 0.4) is 0 Å². The molecule has 1 unspecified atom stereocenters. The number of fused-ring (bicyclic) bond motifs is 1. The molecule has 1 aromatic rings. The zero-order valence-electron chi connectivity index (χ0n) is 8.41. The molecule has 0 fully saturated rings. The summed E-state index contributed by atoms with van der Waals surface area (Å²) in [5, 5.41) is 2.77. The number of hydrogen-bond acceptors (Lipinski definition) is 2. The molecule has 0 bridgehead atoms. The van der Waals surface area contributed by atoms with Gasteiger partial charge in [-0.3, -0.25) is 9.59 Å². The number of primary amides is 1. The zero-order chi connectivity index (χ0) is 11.0. The van der Waals surface area contributed by atoms with Crippen LogP contribution in [0.25, 0.3) is 0 Å². The van der Waals surface area contributed by atoms with Crippen molar-refractivity contribution in [3.63, 3.8) is 0 Å². The molecule has 2 rings (SSSR count). The maximum Gasteiger partial charge on any atom is 0.248 e. The van der Waals surface area contributed by atoms with Gasteiger partial charge in [0.05, 0.1) is 5.92 Å². The Bertz CT molecular complexity index is 440. The van der Waals surface area contributed by atoms with E-state index in [1.165, 1.54) is 0 Å². The van der Waals surface area contributed by atoms with Gasteiger partial charge in [0.25, 0.3) is 0 Å². The summed E-state index contributed by atoms with van der Waals surface area (Å²) in [6.07, 6.45) is 0.723. The first-order chi connectivity index (χ1) is 7.13. The summed E-state index contributed by atoms with van der Waals surface area (Å²) in [5.41, 5.74) is 7.30. The quantitative estimate of drug-likeness (QED) is 0.760. The molecule has 0 radical (unpaired) electrons. The van der Waals surface area contributed by atoms with E-state index in [1.807, 2.05) is 6.92 Å². The number of nitrogens with two attached hydrogens (primary N) is 1. The van der Waals surface area contributed by atoms with Crippen LogP contribution < -0.4 is 11.1 Å². The molecule has 0 aliphatic carbocycles. The number of hydrogen-bond donors (Lipinski definition) is 2. The predicted molar refractivity (Wildman–Crippen MR) is 56.6 cm³/mol. The third kappa shape index (κ3) is 1.48. The predicted octanol–water partition coefficient (Wildman–Crippen LogP) is 1.23. The van der Waals surface area contributed by atoms with Gasteiger partial charge >= 0.3 is 0 Å². The first-order valence-corrected chi connectivity index (χ1v) is 4.88. The lowest BCUT2D eigenvalue weighted by molar-refractivity contribution is -0.117. The molecule has 1 aliphatic rings. The van der Waals surface area contributed by atoms with Crippen molar-refractivity contribution in [1.29, 1.82) is 0 Å². The smallest absolute Gasteiger partial charge is 0.248 e. The maximum atomic E-state index is 11.5. The van der Waals surface area contributed by atoms with Crippen LogP contribution in [0.5, 0.6) is 0 Å². The van der Waals surface area contributed by atoms with Crippen LogP contribution in [0.2, 0.25) is 0 Å². The molecule has 1 aliphatic heterocycles. The molecule has 15 heavy (non-hydrogen) atoms. The lowest BCUT2D eigenvalue weighted by Crippen LogP contribution is -2.12. The highest BCUT2D eigenvalue weighted by Gasteiger charge is 2.29. The van der Waals surface area contributed by atoms with Gasteiger partial charge in [0.1, 0.15) is 0 Å². The van der Waals surface area contributed by atoms with E-state index >= 15 is 0 Å². The van der Waals surface area contributed by atoms with Crippen LogP contribution in [0.1, 0.15) is 35.2 Å². The van der Waals surface area contributed by atoms with Gasteiger partial charge in [0, 0.05) is 11.3 Å². The van der Waals surface area contributed by atoms with E-state index in [-0.39, 0.29) is 11.8 Å². The van der Waals surface area contributed by atoms with Crippen molar-refractivity contribution >= 4 is 17.5 Å². The lowest BCUT2D eigenvalue weighted by Gasteiger charge is -2.05. The monoisotopic (exact) mass is 204 g/mol. The summed E-state index contributed by atoms with van der Waals surface area (Å²) >= 11 is 0. The van der Waals surface area contributed by atoms with Crippen molar-refractivity contribution < 1.29 is 9.59 Å². The number of carbonyl (C=O) groups is 2. The molecule has 0 saturated carbocycles. The standard InChI is InChI=1S/C11H12N2O2/c1-2-7-8-5-6(10(12)14)3-4-9(8)13-11(7)15/h3-5,7H,2H2,1H3,(H2,12,14)(H,13,15). The Hall–Kier alpha value is -1.84. The first kappa shape index (κ1) is 9.71. The number of benzene rings is 1. The Balaban J connectivity index is 2.49. The summed E-state index contributed by atoms with van der Waals surface area (Å²) < 4.78 is 0. The Kier molecular flexibility index (Phi) is 2.19. The summed E-state index contributed by atoms with van der Waals surface area (Å²) in [5.74, 6) is -0.625. The number of carbonyl (C=O) groups excluding carboxylic acids is 2. The van der Waals surface area contributed by atoms with Gasteiger partial charge in [0.2, 0.25) is 11.8 Å². The first-order valence-electron chi connectivity index (χ1n) is 4.88. The molecule has 0 saturated heterocycles. The van der Waals surface area contributed by atoms with Crippen LogP contribution in [0, 0.1) is 0 Å². The van der Waals surface area contributed by atoms with E-state index in [0.717, 1.165) is 17.7 Å². The van der Waals surface area contributed by atoms with Gasteiger partial charge in [-0.15, -0.1) is 0 Å². The van der Waals surface area contributed by atoms with Crippen molar-refractivity contribution in [3.8, 4) is 0 Å². The van der Waals surface area contributed by atoms with E-state index in [0.29, 0.717) is 5.56 Å². The van der Waals surface area contributed by atoms with Crippen molar-refractivity contribution in [3.05, 3.63) is 29.3 Å². The SMILES string of the molecule is CCC1C(=O)Nc2ccc(C(N)=O)cc21. The fourth-order valence-corrected chi connectivity index (χ4v) is 1.88. The molecule has 78 valence electrons. The van der Waals surface area contributed by atoms with E-state index in [2.05, 4.69) is 5.32 Å². The van der Waals surface area contributed by atoms with Gasteiger partial charge in [-0.05, 0) is 30.2 Å². The average molecular weight is 204 g/mol. The molecule has 2 amide bonds. The average Bonchev–Trinajstić information content (AvgIpc) is 2.51. The number of rotatable bonds is 2. The van der Waals surface area contributed by atoms with Gasteiger partial charge < -0.3 is 11.1 Å². The summed E-state index contributed by atoms with van der Waals surface area (Å²) in [7, 11) is 0. The minimum atomic E-state index is -0.466. The second-order valence-electron chi connectivity index (χ2n) is 3.62. The zero-order valence-corrected chi connectivity index (χ0v) is 8.41. The highest BCUT2D eigenvalue weighted by atomic mass is 16.2. The van der Waals surface area contributed by atoms with Crippen LogP contribution in [0.4, 0.5) is 5.69 Å². The Morgan fingerprint density at radius 2 is 2.27 bits per heavy atom. The second-order valence-corrected chi connectivity index (χ2v) is 3.62. The fourth-order valence-electron chi connectivity index (χ4n) is 1.88. The minimum absolute atomic E-state index is 0.00544. The third-order valence-corrected chi connectivity index (χ3v) is 2.69. The van der Waals surface area contributed by atoms with Gasteiger partial charge in [-0.2, -0.15) is 0 Å². The van der Waals surface area contributed by atoms with Gasteiger partial charge in [0.15, 0.2) is 0 Å². The molecule has 0 spiro atoms. The van der Waals surface area contributed by atoms with Gasteiger partial charge in [-0.25, -0.2) is 0 Å². The van der Waals surface area contributed by atoms with Crippen LogP contribution in [-0.4, -0.2) is 11.8 Å². The molecule has 4 nitrogen and oxygen atoms in total. The van der Waals surface area contributed by atoms with Crippen molar-refractivity contribution in [2.45, 2.75) is 19.3 Å². The molecular weight excluding hydrogens is 192 g/mol. The van der Waals surface area contributed by atoms with E-state index < -0.39 is 5.91 Å². The molecular formula is C11H12N2O2. The van der Waals surface area contributed by atoms with Crippen LogP contribution >= 0.6 is 0 Å². The van der Waals surface area contributed by atoms with E-state index in [9.17, 15) is 9.59 Å². The minimum Gasteiger partial charge on any atom is -0.366 e. The van der Waals surface area contributed by atoms with E-state index in [4.69, 9.17) is 5.73 Å². The van der Waals surface area contributed by atoms with Gasteiger partial charge in [-0.1, -0.05) is 6.92 Å². The number of nitrogens with one attached hydrogen (secondary N) is 1. The van der Waals surface area contributed by atoms with Crippen molar-refractivity contribution in [1.82, 2.24) is 0 Å². The number of amides is 2. The summed E-state index contributed by atoms with van der Waals surface area (Å²) in [6.45, 7) is 1.94. The molecule has 0 aromatic heterocycles. The second kappa shape index (κ2) is 3.38. The third-order valence-electron chi connectivity index (χ3n) is 2.69. The Morgan fingerprint density at radius 1 is 1.53 bits per heavy atom. The summed E-state index contributed by atoms with van der Waals surface area (Å²) in [6, 6.07) is 5.05. The van der Waals surface area contributed by atoms with Crippen molar-refractivity contribution in [2.75, 3.05) is 5.32 Å². The topological polar surface area (TPSA) is 72.2 Å². The molecule has 3 N–H and O–H groups in total. The molecule has 1 atom stereocenters. The van der Waals surface area contributed by atoms with Crippen LogP contribution in [-0.2, 0) is 4.79 Å². The number of anilines is 1.